The molecular formula is C27H40N2O3S. The van der Waals surface area contributed by atoms with Crippen LogP contribution in [0.3, 0.4) is 0 Å². The number of unbranched alkanes of at least 4 members (excludes halogenated alkanes) is 3. The monoisotopic (exact) mass is 472 g/mol. The summed E-state index contributed by atoms with van der Waals surface area (Å²) in [6.45, 7) is 12.8. The lowest BCUT2D eigenvalue weighted by molar-refractivity contribution is 0.300. The first-order valence-electron chi connectivity index (χ1n) is 11.7. The summed E-state index contributed by atoms with van der Waals surface area (Å²) in [7, 11) is 0.0664. The molecule has 0 atom stereocenters. The molecule has 0 aliphatic carbocycles. The second kappa shape index (κ2) is 12.2. The first-order valence-corrected chi connectivity index (χ1v) is 13.1. The minimum absolute atomic E-state index is 0.0217. The lowest BCUT2D eigenvalue weighted by atomic mass is 9.87. The van der Waals surface area contributed by atoms with Crippen molar-refractivity contribution < 1.29 is 13.2 Å². The first kappa shape index (κ1) is 26.9. The van der Waals surface area contributed by atoms with Gasteiger partial charge in [-0.3, -0.25) is 4.31 Å². The molecule has 33 heavy (non-hydrogen) atoms. The maximum Gasteiger partial charge on any atom is 0.264 e. The highest BCUT2D eigenvalue weighted by atomic mass is 32.2. The molecule has 6 heteroatoms. The van der Waals surface area contributed by atoms with Gasteiger partial charge in [-0.2, -0.15) is 0 Å². The average molecular weight is 473 g/mol. The number of anilines is 1. The first-order chi connectivity index (χ1) is 15.6. The smallest absolute Gasteiger partial charge is 0.264 e. The van der Waals surface area contributed by atoms with E-state index >= 15 is 0 Å². The summed E-state index contributed by atoms with van der Waals surface area (Å²) in [5.74, 6) is 0.754. The summed E-state index contributed by atoms with van der Waals surface area (Å²) in [4.78, 5) is 2.55. The van der Waals surface area contributed by atoms with Crippen molar-refractivity contribution >= 4 is 15.7 Å². The molecule has 0 saturated heterocycles. The zero-order chi connectivity index (χ0) is 24.5. The van der Waals surface area contributed by atoms with Gasteiger partial charge < -0.3 is 9.64 Å². The maximum atomic E-state index is 13.0. The van der Waals surface area contributed by atoms with E-state index < -0.39 is 10.0 Å². The fourth-order valence-corrected chi connectivity index (χ4v) is 4.71. The molecule has 0 aliphatic heterocycles. The normalized spacial score (nSPS) is 12.1. The molecule has 0 saturated carbocycles. The van der Waals surface area contributed by atoms with E-state index in [-0.39, 0.29) is 10.3 Å². The SMILES string of the molecule is C=CCN(C)CCCCCCOc1ccc(N(C)S(=O)(=O)c2ccc(C(C)(C)C)cc2)cc1. The Morgan fingerprint density at radius 3 is 2.09 bits per heavy atom. The molecule has 0 radical (unpaired) electrons. The van der Waals surface area contributed by atoms with Crippen LogP contribution in [0.1, 0.15) is 52.0 Å². The number of hydrogen-bond donors (Lipinski definition) is 0. The van der Waals surface area contributed by atoms with Gasteiger partial charge in [-0.25, -0.2) is 8.42 Å². The quantitative estimate of drug-likeness (QED) is 0.270. The molecule has 2 aromatic carbocycles. The van der Waals surface area contributed by atoms with E-state index in [2.05, 4.69) is 39.3 Å². The summed E-state index contributed by atoms with van der Waals surface area (Å²) in [5.41, 5.74) is 1.68. The molecule has 0 fully saturated rings. The Labute approximate surface area is 201 Å². The van der Waals surface area contributed by atoms with Crippen molar-refractivity contribution in [1.82, 2.24) is 4.90 Å². The van der Waals surface area contributed by atoms with Gasteiger partial charge in [0.25, 0.3) is 10.0 Å². The number of nitrogens with zero attached hydrogens (tertiary/aromatic N) is 2. The molecule has 0 aliphatic rings. The standard InChI is InChI=1S/C27H40N2O3S/c1-7-20-28(5)21-10-8-9-11-22-32-25-16-14-24(15-17-25)29(6)33(30,31)26-18-12-23(13-19-26)27(2,3)4/h7,12-19H,1,8-11,20-22H2,2-6H3. The van der Waals surface area contributed by atoms with E-state index in [4.69, 9.17) is 4.74 Å². The van der Waals surface area contributed by atoms with Crippen LogP contribution in [0.5, 0.6) is 5.75 Å². The molecule has 0 bridgehead atoms. The highest BCUT2D eigenvalue weighted by molar-refractivity contribution is 7.92. The van der Waals surface area contributed by atoms with Crippen LogP contribution in [0.25, 0.3) is 0 Å². The third-order valence-electron chi connectivity index (χ3n) is 5.72. The second-order valence-corrected chi connectivity index (χ2v) is 11.5. The molecule has 0 N–H and O–H groups in total. The van der Waals surface area contributed by atoms with Gasteiger partial charge in [-0.15, -0.1) is 6.58 Å². The summed E-state index contributed by atoms with van der Waals surface area (Å²) in [6.07, 6.45) is 6.43. The second-order valence-electron chi connectivity index (χ2n) is 9.55. The fourth-order valence-electron chi connectivity index (χ4n) is 3.52. The lowest BCUT2D eigenvalue weighted by Crippen LogP contribution is -2.26. The average Bonchev–Trinajstić information content (AvgIpc) is 2.78. The van der Waals surface area contributed by atoms with Crippen LogP contribution in [0, 0.1) is 0 Å². The van der Waals surface area contributed by atoms with Gasteiger partial charge in [0.05, 0.1) is 17.2 Å². The van der Waals surface area contributed by atoms with E-state index in [1.165, 1.54) is 17.1 Å². The molecular weight excluding hydrogens is 432 g/mol. The van der Waals surface area contributed by atoms with Crippen molar-refractivity contribution in [2.24, 2.45) is 0 Å². The fraction of sp³-hybridized carbons (Fsp3) is 0.481. The Hall–Kier alpha value is -2.31. The minimum Gasteiger partial charge on any atom is -0.494 e. The predicted octanol–water partition coefficient (Wildman–Crippen LogP) is 5.87. The summed E-state index contributed by atoms with van der Waals surface area (Å²) in [5, 5.41) is 0. The maximum absolute atomic E-state index is 13.0. The predicted molar refractivity (Wildman–Crippen MR) is 139 cm³/mol. The van der Waals surface area contributed by atoms with Crippen LogP contribution in [-0.2, 0) is 15.4 Å². The van der Waals surface area contributed by atoms with E-state index in [1.54, 1.807) is 31.3 Å². The Balaban J connectivity index is 1.84. The van der Waals surface area contributed by atoms with Gasteiger partial charge in [-0.1, -0.05) is 51.8 Å². The van der Waals surface area contributed by atoms with E-state index in [1.807, 2.05) is 30.3 Å². The molecule has 2 aromatic rings. The van der Waals surface area contributed by atoms with Crippen molar-refractivity contribution in [3.63, 3.8) is 0 Å². The van der Waals surface area contributed by atoms with Crippen molar-refractivity contribution in [3.05, 3.63) is 66.7 Å². The van der Waals surface area contributed by atoms with E-state index in [9.17, 15) is 8.42 Å². The number of likely N-dealkylation sites (N-methyl/N-ethyl adjacent to an activating group) is 1. The van der Waals surface area contributed by atoms with E-state index in [0.717, 1.165) is 37.2 Å². The van der Waals surface area contributed by atoms with Gasteiger partial charge in [-0.05, 0) is 73.8 Å². The van der Waals surface area contributed by atoms with Gasteiger partial charge in [0.15, 0.2) is 0 Å². The lowest BCUT2D eigenvalue weighted by Gasteiger charge is -2.22. The number of benzene rings is 2. The molecule has 0 heterocycles. The van der Waals surface area contributed by atoms with Crippen LogP contribution in [-0.4, -0.2) is 47.1 Å². The molecule has 0 unspecified atom stereocenters. The molecule has 0 amide bonds. The molecule has 182 valence electrons. The Morgan fingerprint density at radius 2 is 1.52 bits per heavy atom. The summed E-state index contributed by atoms with van der Waals surface area (Å²) >= 11 is 0. The largest absolute Gasteiger partial charge is 0.494 e. The van der Waals surface area contributed by atoms with Crippen molar-refractivity contribution in [2.75, 3.05) is 38.1 Å². The summed E-state index contributed by atoms with van der Waals surface area (Å²) < 4.78 is 33.2. The Kier molecular flexibility index (Phi) is 9.99. The van der Waals surface area contributed by atoms with Crippen molar-refractivity contribution in [1.29, 1.82) is 0 Å². The van der Waals surface area contributed by atoms with Gasteiger partial charge in [0.2, 0.25) is 0 Å². The van der Waals surface area contributed by atoms with Crippen molar-refractivity contribution in [2.45, 2.75) is 56.8 Å². The molecule has 2 rings (SSSR count). The van der Waals surface area contributed by atoms with Crippen LogP contribution in [0.4, 0.5) is 5.69 Å². The topological polar surface area (TPSA) is 49.9 Å². The van der Waals surface area contributed by atoms with Crippen LogP contribution >= 0.6 is 0 Å². The zero-order valence-corrected chi connectivity index (χ0v) is 21.7. The van der Waals surface area contributed by atoms with Gasteiger partial charge in [0, 0.05) is 13.6 Å². The summed E-state index contributed by atoms with van der Waals surface area (Å²) in [6, 6.07) is 14.4. The zero-order valence-electron chi connectivity index (χ0n) is 20.9. The third-order valence-corrected chi connectivity index (χ3v) is 7.52. The van der Waals surface area contributed by atoms with Crippen LogP contribution in [0.2, 0.25) is 0 Å². The molecule has 5 nitrogen and oxygen atoms in total. The minimum atomic E-state index is -3.62. The number of rotatable bonds is 13. The van der Waals surface area contributed by atoms with Crippen LogP contribution < -0.4 is 9.04 Å². The highest BCUT2D eigenvalue weighted by Gasteiger charge is 2.22. The number of sulfonamides is 1. The number of hydrogen-bond acceptors (Lipinski definition) is 4. The molecule has 0 spiro atoms. The third kappa shape index (κ3) is 8.20. The number of ether oxygens (including phenoxy) is 1. The Bertz CT molecular complexity index is 962. The van der Waals surface area contributed by atoms with Gasteiger partial charge >= 0.3 is 0 Å². The van der Waals surface area contributed by atoms with Gasteiger partial charge in [0.1, 0.15) is 5.75 Å². The van der Waals surface area contributed by atoms with E-state index in [0.29, 0.717) is 12.3 Å². The Morgan fingerprint density at radius 1 is 0.909 bits per heavy atom. The van der Waals surface area contributed by atoms with Crippen molar-refractivity contribution in [3.8, 4) is 5.75 Å². The highest BCUT2D eigenvalue weighted by Crippen LogP contribution is 2.27. The molecule has 0 aromatic heterocycles. The van der Waals surface area contributed by atoms with Crippen LogP contribution in [0.15, 0.2) is 66.1 Å².